The normalized spacial score (nSPS) is 17.0. The average Bonchev–Trinajstić information content (AvgIpc) is 3.02. The molecule has 1 aromatic heterocycles. The fourth-order valence-electron chi connectivity index (χ4n) is 2.67. The summed E-state index contributed by atoms with van der Waals surface area (Å²) in [4.78, 5) is 12.7. The summed E-state index contributed by atoms with van der Waals surface area (Å²) >= 11 is 1.38. The van der Waals surface area contributed by atoms with Crippen LogP contribution in [0.25, 0.3) is 0 Å². The van der Waals surface area contributed by atoms with Gasteiger partial charge in [-0.1, -0.05) is 6.07 Å². The first-order valence-electron chi connectivity index (χ1n) is 7.43. The maximum absolute atomic E-state index is 12.2. The highest BCUT2D eigenvalue weighted by atomic mass is 32.2. The van der Waals surface area contributed by atoms with Crippen molar-refractivity contribution in [1.29, 1.82) is 0 Å². The summed E-state index contributed by atoms with van der Waals surface area (Å²) in [5, 5.41) is 4.69. The number of nitrogens with one attached hydrogen (secondary N) is 1. The molecule has 1 fully saturated rings. The molecule has 1 aromatic carbocycles. The predicted octanol–water partition coefficient (Wildman–Crippen LogP) is 3.24. The summed E-state index contributed by atoms with van der Waals surface area (Å²) in [6.07, 6.45) is 1.59. The van der Waals surface area contributed by atoms with E-state index in [9.17, 15) is 13.2 Å². The minimum atomic E-state index is -3.22. The second-order valence-corrected chi connectivity index (χ2v) is 8.49. The highest BCUT2D eigenvalue weighted by Crippen LogP contribution is 2.29. The van der Waals surface area contributed by atoms with E-state index in [0.29, 0.717) is 29.2 Å². The van der Waals surface area contributed by atoms with Gasteiger partial charge >= 0.3 is 0 Å². The highest BCUT2D eigenvalue weighted by molar-refractivity contribution is 7.92. The van der Waals surface area contributed by atoms with Crippen molar-refractivity contribution in [3.05, 3.63) is 46.2 Å². The number of rotatable bonds is 3. The Morgan fingerprint density at radius 3 is 2.74 bits per heavy atom. The van der Waals surface area contributed by atoms with Gasteiger partial charge in [0.2, 0.25) is 10.0 Å². The van der Waals surface area contributed by atoms with Gasteiger partial charge in [-0.25, -0.2) is 8.42 Å². The van der Waals surface area contributed by atoms with Gasteiger partial charge in [-0.3, -0.25) is 9.10 Å². The molecule has 0 aliphatic carbocycles. The van der Waals surface area contributed by atoms with Gasteiger partial charge < -0.3 is 5.32 Å². The molecule has 3 rings (SSSR count). The van der Waals surface area contributed by atoms with Crippen LogP contribution in [0.3, 0.4) is 0 Å². The molecule has 2 aromatic rings. The van der Waals surface area contributed by atoms with Gasteiger partial charge in [-0.15, -0.1) is 11.3 Å². The number of anilines is 2. The minimum absolute atomic E-state index is 0.155. The minimum Gasteiger partial charge on any atom is -0.321 e. The predicted molar refractivity (Wildman–Crippen MR) is 93.8 cm³/mol. The lowest BCUT2D eigenvalue weighted by atomic mass is 10.1. The molecule has 1 aliphatic rings. The van der Waals surface area contributed by atoms with Crippen molar-refractivity contribution in [2.45, 2.75) is 19.8 Å². The zero-order valence-corrected chi connectivity index (χ0v) is 14.4. The fourth-order valence-corrected chi connectivity index (χ4v) is 4.99. The number of amides is 1. The van der Waals surface area contributed by atoms with Crippen molar-refractivity contribution < 1.29 is 13.2 Å². The Morgan fingerprint density at radius 2 is 2.09 bits per heavy atom. The summed E-state index contributed by atoms with van der Waals surface area (Å²) in [5.41, 5.74) is 2.19. The van der Waals surface area contributed by atoms with E-state index in [2.05, 4.69) is 5.32 Å². The summed E-state index contributed by atoms with van der Waals surface area (Å²) in [6, 6.07) is 8.92. The molecule has 0 atom stereocenters. The third-order valence-electron chi connectivity index (χ3n) is 3.82. The summed E-state index contributed by atoms with van der Waals surface area (Å²) < 4.78 is 25.9. The number of aryl methyl sites for hydroxylation is 1. The van der Waals surface area contributed by atoms with E-state index in [4.69, 9.17) is 0 Å². The van der Waals surface area contributed by atoms with Gasteiger partial charge in [0.1, 0.15) is 0 Å². The molecule has 23 heavy (non-hydrogen) atoms. The quantitative estimate of drug-likeness (QED) is 0.924. The van der Waals surface area contributed by atoms with Gasteiger partial charge in [0.15, 0.2) is 0 Å². The molecule has 0 radical (unpaired) electrons. The molecule has 7 heteroatoms. The van der Waals surface area contributed by atoms with Crippen LogP contribution in [0.4, 0.5) is 11.4 Å². The van der Waals surface area contributed by atoms with E-state index in [1.165, 1.54) is 15.6 Å². The van der Waals surface area contributed by atoms with Crippen LogP contribution < -0.4 is 9.62 Å². The van der Waals surface area contributed by atoms with Crippen molar-refractivity contribution in [2.75, 3.05) is 21.9 Å². The zero-order valence-electron chi connectivity index (χ0n) is 12.8. The van der Waals surface area contributed by atoms with Gasteiger partial charge in [-0.05, 0) is 55.0 Å². The third-order valence-corrected chi connectivity index (χ3v) is 6.54. The van der Waals surface area contributed by atoms with Crippen LogP contribution in [0.2, 0.25) is 0 Å². The SMILES string of the molecule is Cc1cc(NC(=O)c2cccs2)ccc1N1CCCCS1(=O)=O. The lowest BCUT2D eigenvalue weighted by molar-refractivity contribution is 0.103. The lowest BCUT2D eigenvalue weighted by Crippen LogP contribution is -2.38. The molecule has 1 aliphatic heterocycles. The molecular formula is C16H18N2O3S2. The summed E-state index contributed by atoms with van der Waals surface area (Å²) in [7, 11) is -3.22. The van der Waals surface area contributed by atoms with Crippen molar-refractivity contribution in [3.8, 4) is 0 Å². The second kappa shape index (κ2) is 6.33. The van der Waals surface area contributed by atoms with Gasteiger partial charge in [-0.2, -0.15) is 0 Å². The molecule has 0 bridgehead atoms. The molecule has 0 spiro atoms. The Morgan fingerprint density at radius 1 is 1.26 bits per heavy atom. The van der Waals surface area contributed by atoms with Crippen molar-refractivity contribution >= 4 is 38.6 Å². The lowest BCUT2D eigenvalue weighted by Gasteiger charge is -2.29. The van der Waals surface area contributed by atoms with E-state index >= 15 is 0 Å². The number of carbonyl (C=O) groups is 1. The van der Waals surface area contributed by atoms with Crippen molar-refractivity contribution in [1.82, 2.24) is 0 Å². The first kappa shape index (κ1) is 16.0. The van der Waals surface area contributed by atoms with Crippen LogP contribution in [0.5, 0.6) is 0 Å². The van der Waals surface area contributed by atoms with Gasteiger partial charge in [0, 0.05) is 12.2 Å². The molecule has 1 amide bonds. The molecule has 122 valence electrons. The number of hydrogen-bond acceptors (Lipinski definition) is 4. The standard InChI is InChI=1S/C16H18N2O3S2/c1-12-11-13(17-16(19)15-5-4-9-22-15)6-7-14(12)18-8-2-3-10-23(18,20)21/h4-7,9,11H,2-3,8,10H2,1H3,(H,17,19). The molecule has 2 heterocycles. The average molecular weight is 350 g/mol. The largest absolute Gasteiger partial charge is 0.321 e. The van der Waals surface area contributed by atoms with Crippen LogP contribution in [-0.4, -0.2) is 26.6 Å². The number of benzene rings is 1. The molecule has 1 saturated heterocycles. The summed E-state index contributed by atoms with van der Waals surface area (Å²) in [5.74, 6) is 0.0429. The number of hydrogen-bond donors (Lipinski definition) is 1. The Bertz CT molecular complexity index is 814. The van der Waals surface area contributed by atoms with E-state index in [1.807, 2.05) is 24.4 Å². The number of nitrogens with zero attached hydrogens (tertiary/aromatic N) is 1. The Hall–Kier alpha value is -1.86. The molecule has 1 N–H and O–H groups in total. The smallest absolute Gasteiger partial charge is 0.265 e. The zero-order chi connectivity index (χ0) is 16.4. The third kappa shape index (κ3) is 3.40. The molecule has 0 unspecified atom stereocenters. The van der Waals surface area contributed by atoms with E-state index in [-0.39, 0.29) is 11.7 Å². The van der Waals surface area contributed by atoms with E-state index < -0.39 is 10.0 Å². The number of sulfonamides is 1. The highest BCUT2D eigenvalue weighted by Gasteiger charge is 2.27. The van der Waals surface area contributed by atoms with Crippen LogP contribution >= 0.6 is 11.3 Å². The monoisotopic (exact) mass is 350 g/mol. The van der Waals surface area contributed by atoms with Crippen LogP contribution in [-0.2, 0) is 10.0 Å². The Kier molecular flexibility index (Phi) is 4.41. The maximum Gasteiger partial charge on any atom is 0.265 e. The van der Waals surface area contributed by atoms with E-state index in [1.54, 1.807) is 18.2 Å². The first-order valence-corrected chi connectivity index (χ1v) is 9.92. The Labute approximate surface area is 140 Å². The van der Waals surface area contributed by atoms with Gasteiger partial charge in [0.05, 0.1) is 16.3 Å². The number of carbonyl (C=O) groups excluding carboxylic acids is 1. The first-order chi connectivity index (χ1) is 11.0. The van der Waals surface area contributed by atoms with Crippen molar-refractivity contribution in [2.24, 2.45) is 0 Å². The molecular weight excluding hydrogens is 332 g/mol. The fraction of sp³-hybridized carbons (Fsp3) is 0.312. The number of thiophene rings is 1. The van der Waals surface area contributed by atoms with Crippen molar-refractivity contribution in [3.63, 3.8) is 0 Å². The van der Waals surface area contributed by atoms with Crippen LogP contribution in [0.15, 0.2) is 35.7 Å². The summed E-state index contributed by atoms with van der Waals surface area (Å²) in [6.45, 7) is 2.38. The van der Waals surface area contributed by atoms with Gasteiger partial charge in [0.25, 0.3) is 5.91 Å². The molecule has 5 nitrogen and oxygen atoms in total. The van der Waals surface area contributed by atoms with E-state index in [0.717, 1.165) is 12.0 Å². The second-order valence-electron chi connectivity index (χ2n) is 5.53. The Balaban J connectivity index is 1.82. The maximum atomic E-state index is 12.2. The molecule has 0 saturated carbocycles. The van der Waals surface area contributed by atoms with Crippen LogP contribution in [0.1, 0.15) is 28.1 Å². The van der Waals surface area contributed by atoms with Crippen LogP contribution in [0, 0.1) is 6.92 Å². The topological polar surface area (TPSA) is 66.5 Å².